The average Bonchev–Trinajstić information content (AvgIpc) is 2.14. The molecule has 0 aliphatic rings. The molecule has 0 aliphatic heterocycles. The molecule has 1 rings (SSSR count). The molecule has 1 aromatic rings. The molecule has 0 bridgehead atoms. The first-order valence-electron chi connectivity index (χ1n) is 5.61. The summed E-state index contributed by atoms with van der Waals surface area (Å²) in [5, 5.41) is 0. The number of benzene rings is 1. The van der Waals surface area contributed by atoms with E-state index in [2.05, 4.69) is 20.8 Å². The van der Waals surface area contributed by atoms with Crippen LogP contribution in [0.25, 0.3) is 0 Å². The largest absolute Gasteiger partial charge is 0.370 e. The summed E-state index contributed by atoms with van der Waals surface area (Å²) in [6.07, 6.45) is 0.182. The van der Waals surface area contributed by atoms with Gasteiger partial charge in [0, 0.05) is 22.1 Å². The Morgan fingerprint density at radius 1 is 1.35 bits per heavy atom. The van der Waals surface area contributed by atoms with E-state index in [0.717, 1.165) is 10.5 Å². The van der Waals surface area contributed by atoms with Gasteiger partial charge >= 0.3 is 0 Å². The van der Waals surface area contributed by atoms with E-state index < -0.39 is 0 Å². The third-order valence-corrected chi connectivity index (χ3v) is 3.36. The Morgan fingerprint density at radius 2 is 1.94 bits per heavy atom. The lowest BCUT2D eigenvalue weighted by Crippen LogP contribution is -2.21. The topological polar surface area (TPSA) is 69.1 Å². The smallest absolute Gasteiger partial charge is 0.219 e. The molecule has 4 heteroatoms. The SMILES string of the molecule is CC(C)(C)Sc1ccccc1C(N)CC(N)=O. The lowest BCUT2D eigenvalue weighted by molar-refractivity contribution is -0.118. The molecule has 1 amide bonds. The molecule has 1 aromatic carbocycles. The predicted molar refractivity (Wildman–Crippen MR) is 72.8 cm³/mol. The maximum atomic E-state index is 10.9. The fourth-order valence-corrected chi connectivity index (χ4v) is 2.68. The summed E-state index contributed by atoms with van der Waals surface area (Å²) in [6.45, 7) is 6.44. The van der Waals surface area contributed by atoms with Gasteiger partial charge in [0.15, 0.2) is 0 Å². The zero-order valence-corrected chi connectivity index (χ0v) is 11.4. The van der Waals surface area contributed by atoms with Crippen molar-refractivity contribution >= 4 is 17.7 Å². The van der Waals surface area contributed by atoms with Crippen LogP contribution in [0.3, 0.4) is 0 Å². The number of hydrogen-bond donors (Lipinski definition) is 2. The minimum Gasteiger partial charge on any atom is -0.370 e. The molecule has 17 heavy (non-hydrogen) atoms. The molecule has 94 valence electrons. The zero-order chi connectivity index (χ0) is 13.1. The molecule has 4 N–H and O–H groups in total. The van der Waals surface area contributed by atoms with E-state index in [1.807, 2.05) is 24.3 Å². The first kappa shape index (κ1) is 14.1. The highest BCUT2D eigenvalue weighted by atomic mass is 32.2. The Balaban J connectivity index is 2.95. The second-order valence-corrected chi connectivity index (χ2v) is 6.90. The molecule has 3 nitrogen and oxygen atoms in total. The van der Waals surface area contributed by atoms with Crippen LogP contribution < -0.4 is 11.5 Å². The second kappa shape index (κ2) is 5.56. The summed E-state index contributed by atoms with van der Waals surface area (Å²) >= 11 is 1.75. The van der Waals surface area contributed by atoms with Gasteiger partial charge in [-0.05, 0) is 11.6 Å². The van der Waals surface area contributed by atoms with Crippen LogP contribution in [-0.2, 0) is 4.79 Å². The van der Waals surface area contributed by atoms with Gasteiger partial charge in [0.05, 0.1) is 0 Å². The van der Waals surface area contributed by atoms with Crippen molar-refractivity contribution in [1.82, 2.24) is 0 Å². The summed E-state index contributed by atoms with van der Waals surface area (Å²) in [7, 11) is 0. The van der Waals surface area contributed by atoms with Gasteiger partial charge in [-0.15, -0.1) is 11.8 Å². The first-order chi connectivity index (χ1) is 7.79. The van der Waals surface area contributed by atoms with Gasteiger partial charge in [0.1, 0.15) is 0 Å². The highest BCUT2D eigenvalue weighted by Gasteiger charge is 2.18. The normalized spacial score (nSPS) is 13.4. The van der Waals surface area contributed by atoms with E-state index >= 15 is 0 Å². The number of carbonyl (C=O) groups is 1. The molecule has 0 saturated carbocycles. The molecule has 1 unspecified atom stereocenters. The maximum absolute atomic E-state index is 10.9. The number of thioether (sulfide) groups is 1. The van der Waals surface area contributed by atoms with Crippen molar-refractivity contribution in [3.8, 4) is 0 Å². The summed E-state index contributed by atoms with van der Waals surface area (Å²) < 4.78 is 0.114. The Bertz CT molecular complexity index is 399. The van der Waals surface area contributed by atoms with Crippen molar-refractivity contribution in [2.24, 2.45) is 11.5 Å². The Labute approximate surface area is 107 Å². The number of hydrogen-bond acceptors (Lipinski definition) is 3. The summed E-state index contributed by atoms with van der Waals surface area (Å²) in [5.41, 5.74) is 12.2. The molecular formula is C13H20N2OS. The molecule has 0 aromatic heterocycles. The standard InChI is InChI=1S/C13H20N2OS/c1-13(2,3)17-11-7-5-4-6-9(11)10(14)8-12(15)16/h4-7,10H,8,14H2,1-3H3,(H2,15,16). The van der Waals surface area contributed by atoms with Crippen molar-refractivity contribution < 1.29 is 4.79 Å². The van der Waals surface area contributed by atoms with Crippen molar-refractivity contribution in [1.29, 1.82) is 0 Å². The zero-order valence-electron chi connectivity index (χ0n) is 10.6. The van der Waals surface area contributed by atoms with Crippen LogP contribution >= 0.6 is 11.8 Å². The van der Waals surface area contributed by atoms with E-state index in [0.29, 0.717) is 0 Å². The van der Waals surface area contributed by atoms with Crippen LogP contribution in [0, 0.1) is 0 Å². The van der Waals surface area contributed by atoms with Crippen molar-refractivity contribution in [2.75, 3.05) is 0 Å². The van der Waals surface area contributed by atoms with Crippen molar-refractivity contribution in [3.05, 3.63) is 29.8 Å². The first-order valence-corrected chi connectivity index (χ1v) is 6.43. The van der Waals surface area contributed by atoms with E-state index in [4.69, 9.17) is 11.5 Å². The van der Waals surface area contributed by atoms with Crippen molar-refractivity contribution in [3.63, 3.8) is 0 Å². The Hall–Kier alpha value is -1.00. The summed E-state index contributed by atoms with van der Waals surface area (Å²) in [6, 6.07) is 7.59. The van der Waals surface area contributed by atoms with Gasteiger partial charge in [-0.25, -0.2) is 0 Å². The summed E-state index contributed by atoms with van der Waals surface area (Å²) in [5.74, 6) is -0.368. The van der Waals surface area contributed by atoms with Crippen LogP contribution in [-0.4, -0.2) is 10.7 Å². The molecule has 0 spiro atoms. The number of amides is 1. The molecule has 1 atom stereocenters. The lowest BCUT2D eigenvalue weighted by Gasteiger charge is -2.22. The van der Waals surface area contributed by atoms with Crippen LogP contribution in [0.1, 0.15) is 38.8 Å². The highest BCUT2D eigenvalue weighted by Crippen LogP contribution is 2.36. The minimum absolute atomic E-state index is 0.114. The van der Waals surface area contributed by atoms with Crippen LogP contribution in [0.4, 0.5) is 0 Å². The molecule has 0 heterocycles. The van der Waals surface area contributed by atoms with Gasteiger partial charge in [0.25, 0.3) is 0 Å². The van der Waals surface area contributed by atoms with Gasteiger partial charge in [-0.1, -0.05) is 39.0 Å². The summed E-state index contributed by atoms with van der Waals surface area (Å²) in [4.78, 5) is 12.0. The van der Waals surface area contributed by atoms with Crippen LogP contribution in [0.5, 0.6) is 0 Å². The van der Waals surface area contributed by atoms with E-state index in [1.54, 1.807) is 11.8 Å². The Morgan fingerprint density at radius 3 is 2.47 bits per heavy atom. The quantitative estimate of drug-likeness (QED) is 0.809. The minimum atomic E-state index is -0.368. The number of nitrogens with two attached hydrogens (primary N) is 2. The maximum Gasteiger partial charge on any atom is 0.219 e. The third kappa shape index (κ3) is 4.79. The van der Waals surface area contributed by atoms with Gasteiger partial charge in [-0.3, -0.25) is 4.79 Å². The number of rotatable bonds is 4. The molecule has 0 aliphatic carbocycles. The van der Waals surface area contributed by atoms with Crippen LogP contribution in [0.15, 0.2) is 29.2 Å². The van der Waals surface area contributed by atoms with Crippen LogP contribution in [0.2, 0.25) is 0 Å². The monoisotopic (exact) mass is 252 g/mol. The number of primary amides is 1. The van der Waals surface area contributed by atoms with E-state index in [-0.39, 0.29) is 23.1 Å². The molecule has 0 fully saturated rings. The average molecular weight is 252 g/mol. The fourth-order valence-electron chi connectivity index (χ4n) is 1.54. The van der Waals surface area contributed by atoms with E-state index in [9.17, 15) is 4.79 Å². The second-order valence-electron chi connectivity index (χ2n) is 5.03. The van der Waals surface area contributed by atoms with Gasteiger partial charge in [-0.2, -0.15) is 0 Å². The third-order valence-electron chi connectivity index (χ3n) is 2.16. The Kier molecular flexibility index (Phi) is 4.60. The van der Waals surface area contributed by atoms with Crippen molar-refractivity contribution in [2.45, 2.75) is 42.9 Å². The van der Waals surface area contributed by atoms with E-state index in [1.165, 1.54) is 0 Å². The lowest BCUT2D eigenvalue weighted by atomic mass is 10.0. The molecular weight excluding hydrogens is 232 g/mol. The predicted octanol–water partition coefficient (Wildman–Crippen LogP) is 2.45. The molecule has 0 radical (unpaired) electrons. The fraction of sp³-hybridized carbons (Fsp3) is 0.462. The van der Waals surface area contributed by atoms with Gasteiger partial charge < -0.3 is 11.5 Å². The number of carbonyl (C=O) groups excluding carboxylic acids is 1. The van der Waals surface area contributed by atoms with Gasteiger partial charge in [0.2, 0.25) is 5.91 Å². The molecule has 0 saturated heterocycles. The highest BCUT2D eigenvalue weighted by molar-refractivity contribution is 8.00.